The lowest BCUT2D eigenvalue weighted by atomic mass is 10.0. The molecule has 0 saturated heterocycles. The number of nitrogens with one attached hydrogen (secondary N) is 1. The molecular formula is C28H21N2O5S+. The molecule has 0 fully saturated rings. The normalized spacial score (nSPS) is 14.4. The number of benzene rings is 3. The third-order valence-electron chi connectivity index (χ3n) is 6.09. The molecule has 1 amide bonds. The summed E-state index contributed by atoms with van der Waals surface area (Å²) in [6, 6.07) is 19.7. The molecule has 1 heterocycles. The molecule has 0 bridgehead atoms. The summed E-state index contributed by atoms with van der Waals surface area (Å²) in [5.41, 5.74) is 3.42. The van der Waals surface area contributed by atoms with Gasteiger partial charge in [-0.25, -0.2) is 17.5 Å². The second-order valence-electron chi connectivity index (χ2n) is 8.29. The van der Waals surface area contributed by atoms with Crippen LogP contribution in [-0.2, 0) is 10.0 Å². The van der Waals surface area contributed by atoms with Gasteiger partial charge in [-0.3, -0.25) is 4.79 Å². The lowest BCUT2D eigenvalue weighted by Crippen LogP contribution is -2.27. The molecule has 0 unspecified atom stereocenters. The summed E-state index contributed by atoms with van der Waals surface area (Å²) in [6.45, 7) is 0.342. The molecule has 2 N–H and O–H groups in total. The quantitative estimate of drug-likeness (QED) is 0.473. The number of amides is 1. The predicted molar refractivity (Wildman–Crippen MR) is 136 cm³/mol. The summed E-state index contributed by atoms with van der Waals surface area (Å²) in [4.78, 5) is 24.8. The summed E-state index contributed by atoms with van der Waals surface area (Å²) in [6.07, 6.45) is 8.77. The first-order chi connectivity index (χ1) is 17.3. The Morgan fingerprint density at radius 3 is 2.42 bits per heavy atom. The number of sulfonamides is 1. The number of allylic oxidation sites excluding steroid dienone is 4. The molecular weight excluding hydrogens is 476 g/mol. The van der Waals surface area contributed by atoms with Crippen LogP contribution in [0.2, 0.25) is 0 Å². The highest BCUT2D eigenvalue weighted by Crippen LogP contribution is 2.32. The maximum absolute atomic E-state index is 13.2. The van der Waals surface area contributed by atoms with E-state index in [-0.39, 0.29) is 21.7 Å². The van der Waals surface area contributed by atoms with Crippen molar-refractivity contribution < 1.29 is 23.1 Å². The third kappa shape index (κ3) is 4.31. The van der Waals surface area contributed by atoms with Gasteiger partial charge in [0.25, 0.3) is 15.9 Å². The molecule has 3 aromatic carbocycles. The van der Waals surface area contributed by atoms with E-state index >= 15 is 0 Å². The van der Waals surface area contributed by atoms with Gasteiger partial charge in [-0.15, -0.1) is 0 Å². The van der Waals surface area contributed by atoms with Gasteiger partial charge in [-0.05, 0) is 47.5 Å². The number of hydrogen-bond acceptors (Lipinski definition) is 4. The molecule has 2 aliphatic rings. The van der Waals surface area contributed by atoms with Crippen molar-refractivity contribution in [1.82, 2.24) is 4.31 Å². The first-order valence-corrected chi connectivity index (χ1v) is 12.6. The predicted octanol–water partition coefficient (Wildman–Crippen LogP) is 4.88. The van der Waals surface area contributed by atoms with E-state index in [1.807, 2.05) is 30.3 Å². The molecule has 0 atom stereocenters. The Hall–Kier alpha value is -4.52. The van der Waals surface area contributed by atoms with Crippen LogP contribution in [0.4, 0.5) is 5.69 Å². The lowest BCUT2D eigenvalue weighted by molar-refractivity contribution is 0.0698. The SMILES string of the molecule is O=C(Nc1ccc(-c2ccccc2)cc1C(=O)O)c1ccc(S(=O)(=O)N2CCC3=C2C=C[C+]=C3)cc1. The van der Waals surface area contributed by atoms with Gasteiger partial charge in [0, 0.05) is 18.1 Å². The number of carbonyl (C=O) groups is 2. The van der Waals surface area contributed by atoms with Gasteiger partial charge >= 0.3 is 5.97 Å². The van der Waals surface area contributed by atoms with E-state index in [2.05, 4.69) is 11.4 Å². The van der Waals surface area contributed by atoms with Crippen LogP contribution >= 0.6 is 0 Å². The Morgan fingerprint density at radius 1 is 0.944 bits per heavy atom. The lowest BCUT2D eigenvalue weighted by Gasteiger charge is -2.18. The van der Waals surface area contributed by atoms with Gasteiger partial charge in [0.2, 0.25) is 0 Å². The molecule has 7 nitrogen and oxygen atoms in total. The molecule has 0 saturated carbocycles. The Morgan fingerprint density at radius 2 is 1.69 bits per heavy atom. The third-order valence-corrected chi connectivity index (χ3v) is 7.91. The first kappa shape index (κ1) is 23.2. The van der Waals surface area contributed by atoms with Crippen LogP contribution < -0.4 is 5.32 Å². The van der Waals surface area contributed by atoms with E-state index < -0.39 is 21.9 Å². The highest BCUT2D eigenvalue weighted by atomic mass is 32.2. The second kappa shape index (κ2) is 9.26. The summed E-state index contributed by atoms with van der Waals surface area (Å²) in [5.74, 6) is -1.72. The fourth-order valence-electron chi connectivity index (χ4n) is 4.23. The zero-order valence-electron chi connectivity index (χ0n) is 19.0. The van der Waals surface area contributed by atoms with Gasteiger partial charge < -0.3 is 10.4 Å². The number of hydrogen-bond donors (Lipinski definition) is 2. The van der Waals surface area contributed by atoms with Crippen molar-refractivity contribution in [2.45, 2.75) is 11.3 Å². The van der Waals surface area contributed by atoms with Crippen molar-refractivity contribution in [2.24, 2.45) is 0 Å². The Bertz CT molecular complexity index is 1550. The van der Waals surface area contributed by atoms with Gasteiger partial charge in [0.1, 0.15) is 12.2 Å². The first-order valence-electron chi connectivity index (χ1n) is 11.2. The maximum atomic E-state index is 13.2. The zero-order valence-corrected chi connectivity index (χ0v) is 19.8. The summed E-state index contributed by atoms with van der Waals surface area (Å²) < 4.78 is 27.7. The minimum absolute atomic E-state index is 0.0474. The van der Waals surface area contributed by atoms with Crippen molar-refractivity contribution >= 4 is 27.6 Å². The Kier molecular flexibility index (Phi) is 5.98. The van der Waals surface area contributed by atoms with Crippen LogP contribution in [0, 0.1) is 6.08 Å². The number of carboxylic acid groups (broad SMARTS) is 1. The average Bonchev–Trinajstić information content (AvgIpc) is 3.34. The number of aromatic carboxylic acids is 1. The second-order valence-corrected chi connectivity index (χ2v) is 10.2. The number of rotatable bonds is 6. The molecule has 0 aromatic heterocycles. The molecule has 3 aromatic rings. The minimum Gasteiger partial charge on any atom is -0.478 e. The van der Waals surface area contributed by atoms with Gasteiger partial charge in [0.15, 0.2) is 5.70 Å². The van der Waals surface area contributed by atoms with E-state index in [1.165, 1.54) is 34.6 Å². The highest BCUT2D eigenvalue weighted by molar-refractivity contribution is 7.89. The number of anilines is 1. The molecule has 0 radical (unpaired) electrons. The zero-order chi connectivity index (χ0) is 25.3. The number of carbonyl (C=O) groups excluding carboxylic acids is 1. The summed E-state index contributed by atoms with van der Waals surface area (Å²) >= 11 is 0. The van der Waals surface area contributed by atoms with E-state index in [0.717, 1.165) is 11.1 Å². The molecule has 0 spiro atoms. The van der Waals surface area contributed by atoms with E-state index in [0.29, 0.717) is 24.2 Å². The van der Waals surface area contributed by atoms with E-state index in [9.17, 15) is 23.1 Å². The Balaban J connectivity index is 1.36. The van der Waals surface area contributed by atoms with Crippen LogP contribution in [0.15, 0.2) is 107 Å². The van der Waals surface area contributed by atoms with E-state index in [1.54, 1.807) is 30.4 Å². The van der Waals surface area contributed by atoms with Crippen molar-refractivity contribution in [3.05, 3.63) is 119 Å². The molecule has 1 aliphatic heterocycles. The van der Waals surface area contributed by atoms with Crippen LogP contribution in [0.1, 0.15) is 27.1 Å². The van der Waals surface area contributed by atoms with Crippen LogP contribution in [0.25, 0.3) is 11.1 Å². The molecule has 1 aliphatic carbocycles. The molecule has 36 heavy (non-hydrogen) atoms. The Labute approximate surface area is 208 Å². The molecule has 8 heteroatoms. The standard InChI is InChI=1S/C28H20N2O5S/c31-27(29-25-15-12-22(18-24(25)28(32)33)19-6-2-1-3-7-19)21-10-13-23(14-11-21)36(34,35)30-17-16-20-8-4-5-9-26(20)30/h1-3,5-15,18H,16-17H2,(H-,29,31,32,33)/p+1. The maximum Gasteiger partial charge on any atom is 0.337 e. The van der Waals surface area contributed by atoms with E-state index in [4.69, 9.17) is 0 Å². The highest BCUT2D eigenvalue weighted by Gasteiger charge is 2.36. The fraction of sp³-hybridized carbons (Fsp3) is 0.0714. The molecule has 178 valence electrons. The van der Waals surface area contributed by atoms with Crippen LogP contribution in [0.5, 0.6) is 0 Å². The number of carboxylic acids is 1. The van der Waals surface area contributed by atoms with Crippen LogP contribution in [-0.4, -0.2) is 36.3 Å². The van der Waals surface area contributed by atoms with Crippen LogP contribution in [0.3, 0.4) is 0 Å². The fourth-order valence-corrected chi connectivity index (χ4v) is 5.74. The van der Waals surface area contributed by atoms with Crippen molar-refractivity contribution in [3.63, 3.8) is 0 Å². The van der Waals surface area contributed by atoms with Crippen molar-refractivity contribution in [1.29, 1.82) is 0 Å². The van der Waals surface area contributed by atoms with Crippen molar-refractivity contribution in [3.8, 4) is 11.1 Å². The largest absolute Gasteiger partial charge is 0.478 e. The van der Waals surface area contributed by atoms with Gasteiger partial charge in [-0.2, -0.15) is 0 Å². The number of nitrogens with zero attached hydrogens (tertiary/aromatic N) is 1. The molecule has 5 rings (SSSR count). The topological polar surface area (TPSA) is 104 Å². The van der Waals surface area contributed by atoms with Gasteiger partial charge in [0.05, 0.1) is 34.3 Å². The van der Waals surface area contributed by atoms with Crippen molar-refractivity contribution in [2.75, 3.05) is 11.9 Å². The smallest absolute Gasteiger partial charge is 0.337 e. The average molecular weight is 498 g/mol. The minimum atomic E-state index is -3.79. The summed E-state index contributed by atoms with van der Waals surface area (Å²) in [5, 5.41) is 12.3. The summed E-state index contributed by atoms with van der Waals surface area (Å²) in [7, 11) is -3.79. The monoisotopic (exact) mass is 497 g/mol. The van der Waals surface area contributed by atoms with Gasteiger partial charge in [-0.1, -0.05) is 36.4 Å².